The van der Waals surface area contributed by atoms with Crippen LogP contribution in [0.4, 0.5) is 13.2 Å². The Morgan fingerprint density at radius 3 is 2.32 bits per heavy atom. The second-order valence-electron chi connectivity index (χ2n) is 5.05. The SMILES string of the molecule is FC(F)(F)C1=CC2C=C(c3ccc(Cl)c(Cl)c3)C(Cl)=CC2N1. The van der Waals surface area contributed by atoms with E-state index in [0.717, 1.165) is 0 Å². The molecule has 2 unspecified atom stereocenters. The summed E-state index contributed by atoms with van der Waals surface area (Å²) < 4.78 is 38.3. The third-order valence-electron chi connectivity index (χ3n) is 3.57. The van der Waals surface area contributed by atoms with Gasteiger partial charge in [-0.15, -0.1) is 0 Å². The highest BCUT2D eigenvalue weighted by molar-refractivity contribution is 6.42. The molecule has 0 spiro atoms. The van der Waals surface area contributed by atoms with Crippen LogP contribution in [-0.4, -0.2) is 12.2 Å². The number of fused-ring (bicyclic) bond motifs is 1. The number of allylic oxidation sites excluding steroid dienone is 3. The molecule has 0 bridgehead atoms. The summed E-state index contributed by atoms with van der Waals surface area (Å²) in [7, 11) is 0. The predicted octanol–water partition coefficient (Wildman–Crippen LogP) is 5.55. The van der Waals surface area contributed by atoms with Crippen LogP contribution in [0.1, 0.15) is 5.56 Å². The minimum atomic E-state index is -4.39. The maximum atomic E-state index is 12.8. The van der Waals surface area contributed by atoms with Gasteiger partial charge in [-0.2, -0.15) is 13.2 Å². The van der Waals surface area contributed by atoms with Gasteiger partial charge >= 0.3 is 6.18 Å². The first-order chi connectivity index (χ1) is 10.3. The van der Waals surface area contributed by atoms with Crippen molar-refractivity contribution in [2.45, 2.75) is 12.2 Å². The second kappa shape index (κ2) is 5.52. The number of nitrogens with one attached hydrogen (secondary N) is 1. The number of hydrogen-bond acceptors (Lipinski definition) is 1. The zero-order valence-corrected chi connectivity index (χ0v) is 13.2. The molecule has 0 radical (unpaired) electrons. The molecule has 22 heavy (non-hydrogen) atoms. The van der Waals surface area contributed by atoms with Crippen molar-refractivity contribution >= 4 is 40.4 Å². The van der Waals surface area contributed by atoms with Crippen LogP contribution >= 0.6 is 34.8 Å². The van der Waals surface area contributed by atoms with Gasteiger partial charge in [-0.3, -0.25) is 0 Å². The van der Waals surface area contributed by atoms with Crippen molar-refractivity contribution in [1.82, 2.24) is 5.32 Å². The van der Waals surface area contributed by atoms with Crippen molar-refractivity contribution in [3.63, 3.8) is 0 Å². The lowest BCUT2D eigenvalue weighted by Crippen LogP contribution is -2.32. The van der Waals surface area contributed by atoms with Gasteiger partial charge in [-0.25, -0.2) is 0 Å². The second-order valence-corrected chi connectivity index (χ2v) is 6.27. The summed E-state index contributed by atoms with van der Waals surface area (Å²) in [5.41, 5.74) is 0.612. The molecule has 7 heteroatoms. The van der Waals surface area contributed by atoms with Crippen LogP contribution < -0.4 is 5.32 Å². The average Bonchev–Trinajstić information content (AvgIpc) is 2.84. The number of alkyl halides is 3. The van der Waals surface area contributed by atoms with E-state index in [-0.39, 0.29) is 0 Å². The summed E-state index contributed by atoms with van der Waals surface area (Å²) in [6.45, 7) is 0. The van der Waals surface area contributed by atoms with Crippen LogP contribution in [0, 0.1) is 5.92 Å². The van der Waals surface area contributed by atoms with Crippen molar-refractivity contribution in [3.8, 4) is 0 Å². The number of halogens is 6. The molecule has 1 N–H and O–H groups in total. The molecular weight excluding hydrogens is 358 g/mol. The molecular formula is C15H9Cl3F3N. The van der Waals surface area contributed by atoms with Gasteiger partial charge in [0, 0.05) is 11.0 Å². The molecule has 2 aliphatic rings. The smallest absolute Gasteiger partial charge is 0.374 e. The Morgan fingerprint density at radius 1 is 0.955 bits per heavy atom. The van der Waals surface area contributed by atoms with Crippen molar-refractivity contribution in [2.24, 2.45) is 5.92 Å². The van der Waals surface area contributed by atoms with Gasteiger partial charge in [-0.1, -0.05) is 46.9 Å². The number of benzene rings is 1. The highest BCUT2D eigenvalue weighted by Crippen LogP contribution is 2.40. The minimum absolute atomic E-state index is 0.364. The molecule has 0 amide bonds. The molecule has 0 aromatic heterocycles. The number of hydrogen-bond donors (Lipinski definition) is 1. The molecule has 1 aliphatic heterocycles. The van der Waals surface area contributed by atoms with Crippen molar-refractivity contribution < 1.29 is 13.2 Å². The fourth-order valence-electron chi connectivity index (χ4n) is 2.52. The highest BCUT2D eigenvalue weighted by atomic mass is 35.5. The maximum absolute atomic E-state index is 12.8. The van der Waals surface area contributed by atoms with E-state index in [9.17, 15) is 13.2 Å². The summed E-state index contributed by atoms with van der Waals surface area (Å²) in [5.74, 6) is -0.413. The van der Waals surface area contributed by atoms with Gasteiger partial charge in [-0.05, 0) is 35.4 Å². The quantitative estimate of drug-likeness (QED) is 0.687. The predicted molar refractivity (Wildman–Crippen MR) is 82.9 cm³/mol. The third kappa shape index (κ3) is 2.87. The zero-order chi connectivity index (χ0) is 16.1. The molecule has 116 valence electrons. The Balaban J connectivity index is 1.98. The fourth-order valence-corrected chi connectivity index (χ4v) is 3.12. The number of rotatable bonds is 1. The molecule has 2 atom stereocenters. The Morgan fingerprint density at radius 2 is 1.68 bits per heavy atom. The Kier molecular flexibility index (Phi) is 3.96. The summed E-state index contributed by atoms with van der Waals surface area (Å²) in [4.78, 5) is 0. The first kappa shape index (κ1) is 15.8. The Hall–Kier alpha value is -1.10. The van der Waals surface area contributed by atoms with E-state index < -0.39 is 23.8 Å². The van der Waals surface area contributed by atoms with Crippen molar-refractivity contribution in [3.05, 3.63) is 62.8 Å². The van der Waals surface area contributed by atoms with Gasteiger partial charge in [0.15, 0.2) is 0 Å². The summed E-state index contributed by atoms with van der Waals surface area (Å²) in [5, 5.41) is 3.59. The molecule has 3 rings (SSSR count). The first-order valence-corrected chi connectivity index (χ1v) is 7.49. The highest BCUT2D eigenvalue weighted by Gasteiger charge is 2.41. The van der Waals surface area contributed by atoms with Crippen LogP contribution in [0.3, 0.4) is 0 Å². The van der Waals surface area contributed by atoms with E-state index in [1.165, 1.54) is 6.08 Å². The van der Waals surface area contributed by atoms with Crippen LogP contribution in [0.15, 0.2) is 47.2 Å². The Labute approximate surface area is 140 Å². The molecule has 1 nitrogen and oxygen atoms in total. The van der Waals surface area contributed by atoms with E-state index in [0.29, 0.717) is 26.2 Å². The van der Waals surface area contributed by atoms with Gasteiger partial charge in [0.25, 0.3) is 0 Å². The van der Waals surface area contributed by atoms with E-state index in [4.69, 9.17) is 34.8 Å². The third-order valence-corrected chi connectivity index (χ3v) is 4.64. The molecule has 0 saturated carbocycles. The summed E-state index contributed by atoms with van der Waals surface area (Å²) in [6, 6.07) is 4.51. The summed E-state index contributed by atoms with van der Waals surface area (Å²) >= 11 is 18.1. The fraction of sp³-hybridized carbons (Fsp3) is 0.200. The largest absolute Gasteiger partial charge is 0.430 e. The van der Waals surface area contributed by atoms with Gasteiger partial charge in [0.2, 0.25) is 0 Å². The zero-order valence-electron chi connectivity index (χ0n) is 10.9. The van der Waals surface area contributed by atoms with E-state index in [2.05, 4.69) is 5.32 Å². The topological polar surface area (TPSA) is 12.0 Å². The van der Waals surface area contributed by atoms with E-state index in [1.807, 2.05) is 0 Å². The van der Waals surface area contributed by atoms with Crippen molar-refractivity contribution in [1.29, 1.82) is 0 Å². The first-order valence-electron chi connectivity index (χ1n) is 6.36. The standard InChI is InChI=1S/C15H9Cl3F3N/c16-10-2-1-7(4-12(10)18)9-3-8-5-14(15(19,20)21)22-13(8)6-11(9)17/h1-6,8,13,22H. The van der Waals surface area contributed by atoms with Crippen molar-refractivity contribution in [2.75, 3.05) is 0 Å². The van der Waals surface area contributed by atoms with Crippen LogP contribution in [0.5, 0.6) is 0 Å². The normalized spacial score (nSPS) is 24.2. The minimum Gasteiger partial charge on any atom is -0.374 e. The molecule has 1 aromatic rings. The maximum Gasteiger partial charge on any atom is 0.430 e. The lowest BCUT2D eigenvalue weighted by atomic mass is 9.90. The molecule has 1 aliphatic carbocycles. The van der Waals surface area contributed by atoms with Gasteiger partial charge in [0.1, 0.15) is 5.70 Å². The van der Waals surface area contributed by atoms with Crippen LogP contribution in [0.25, 0.3) is 5.57 Å². The van der Waals surface area contributed by atoms with E-state index in [1.54, 1.807) is 30.4 Å². The molecule has 0 fully saturated rings. The van der Waals surface area contributed by atoms with Gasteiger partial charge in [0.05, 0.1) is 16.1 Å². The molecule has 1 heterocycles. The van der Waals surface area contributed by atoms with E-state index >= 15 is 0 Å². The summed E-state index contributed by atoms with van der Waals surface area (Å²) in [6.07, 6.45) is 0.0644. The monoisotopic (exact) mass is 365 g/mol. The van der Waals surface area contributed by atoms with Gasteiger partial charge < -0.3 is 5.32 Å². The molecule has 0 saturated heterocycles. The average molecular weight is 367 g/mol. The molecule has 1 aromatic carbocycles. The van der Waals surface area contributed by atoms with Crippen LogP contribution in [0.2, 0.25) is 10.0 Å². The lowest BCUT2D eigenvalue weighted by Gasteiger charge is -2.22. The Bertz CT molecular complexity index is 719. The van der Waals surface area contributed by atoms with Crippen LogP contribution in [-0.2, 0) is 0 Å². The lowest BCUT2D eigenvalue weighted by molar-refractivity contribution is -0.0960.